The van der Waals surface area contributed by atoms with Crippen molar-refractivity contribution in [1.82, 2.24) is 4.31 Å². The summed E-state index contributed by atoms with van der Waals surface area (Å²) in [6.45, 7) is 7.52. The molecular weight excluding hydrogens is 426 g/mol. The molecular formula is C24H19N3O4S. The van der Waals surface area contributed by atoms with Crippen LogP contribution in [0.2, 0.25) is 0 Å². The van der Waals surface area contributed by atoms with Crippen molar-refractivity contribution >= 4 is 21.6 Å². The Labute approximate surface area is 186 Å². The highest BCUT2D eigenvalue weighted by molar-refractivity contribution is 7.89. The summed E-state index contributed by atoms with van der Waals surface area (Å²) in [7, 11) is -3.99. The van der Waals surface area contributed by atoms with Crippen molar-refractivity contribution in [3.8, 4) is 11.5 Å². The van der Waals surface area contributed by atoms with Gasteiger partial charge in [0.1, 0.15) is 11.5 Å². The first-order valence-corrected chi connectivity index (χ1v) is 11.5. The van der Waals surface area contributed by atoms with Gasteiger partial charge in [0.2, 0.25) is 15.9 Å². The Kier molecular flexibility index (Phi) is 4.73. The van der Waals surface area contributed by atoms with Crippen LogP contribution < -0.4 is 10.1 Å². The summed E-state index contributed by atoms with van der Waals surface area (Å²) in [6, 6.07) is 22.5. The summed E-state index contributed by atoms with van der Waals surface area (Å²) in [5.41, 5.74) is 0.348. The van der Waals surface area contributed by atoms with Gasteiger partial charge in [0, 0.05) is 12.2 Å². The van der Waals surface area contributed by atoms with Gasteiger partial charge in [-0.3, -0.25) is 9.64 Å². The summed E-state index contributed by atoms with van der Waals surface area (Å²) in [6.07, 6.45) is -0.842. The fourth-order valence-corrected chi connectivity index (χ4v) is 5.96. The Morgan fingerprint density at radius 1 is 0.969 bits per heavy atom. The highest BCUT2D eigenvalue weighted by atomic mass is 32.2. The number of sulfonamides is 1. The van der Waals surface area contributed by atoms with Crippen molar-refractivity contribution in [3.63, 3.8) is 0 Å². The van der Waals surface area contributed by atoms with Gasteiger partial charge in [-0.05, 0) is 48.0 Å². The number of fused-ring (bicyclic) bond motifs is 2. The molecule has 3 aromatic rings. The van der Waals surface area contributed by atoms with Crippen LogP contribution >= 0.6 is 0 Å². The summed E-state index contributed by atoms with van der Waals surface area (Å²) in [5, 5.41) is 2.84. The first kappa shape index (κ1) is 20.2. The van der Waals surface area contributed by atoms with Gasteiger partial charge in [-0.15, -0.1) is 4.31 Å². The fraction of sp³-hybridized carbons (Fsp3) is 0.167. The summed E-state index contributed by atoms with van der Waals surface area (Å²) in [4.78, 5) is 16.5. The Hall–Kier alpha value is -3.67. The minimum absolute atomic E-state index is 0.0512. The molecule has 160 valence electrons. The third-order valence-electron chi connectivity index (χ3n) is 5.97. The van der Waals surface area contributed by atoms with E-state index in [2.05, 4.69) is 10.2 Å². The van der Waals surface area contributed by atoms with E-state index < -0.39 is 21.6 Å². The highest BCUT2D eigenvalue weighted by Crippen LogP contribution is 2.48. The van der Waals surface area contributed by atoms with E-state index in [1.54, 1.807) is 30.3 Å². The van der Waals surface area contributed by atoms with Gasteiger partial charge in [-0.25, -0.2) is 15.0 Å². The van der Waals surface area contributed by atoms with Crippen molar-refractivity contribution in [2.24, 2.45) is 0 Å². The van der Waals surface area contributed by atoms with Crippen molar-refractivity contribution in [2.45, 2.75) is 22.9 Å². The van der Waals surface area contributed by atoms with Gasteiger partial charge in [0.15, 0.2) is 0 Å². The molecule has 7 nitrogen and oxygen atoms in total. The molecule has 0 aromatic heterocycles. The van der Waals surface area contributed by atoms with Gasteiger partial charge in [0.05, 0.1) is 16.7 Å². The summed E-state index contributed by atoms with van der Waals surface area (Å²) >= 11 is 0. The van der Waals surface area contributed by atoms with Crippen LogP contribution in [0.3, 0.4) is 0 Å². The minimum Gasteiger partial charge on any atom is -0.457 e. The number of ether oxygens (including phenoxy) is 1. The van der Waals surface area contributed by atoms with E-state index in [0.29, 0.717) is 17.2 Å². The Morgan fingerprint density at radius 3 is 2.34 bits per heavy atom. The third kappa shape index (κ3) is 3.14. The lowest BCUT2D eigenvalue weighted by Gasteiger charge is -2.21. The Bertz CT molecular complexity index is 1330. The van der Waals surface area contributed by atoms with Gasteiger partial charge in [0.25, 0.3) is 6.17 Å². The molecule has 1 N–H and O–H groups in total. The number of nitrogens with one attached hydrogen (secondary N) is 1. The van der Waals surface area contributed by atoms with Gasteiger partial charge >= 0.3 is 0 Å². The molecule has 32 heavy (non-hydrogen) atoms. The third-order valence-corrected chi connectivity index (χ3v) is 7.83. The molecule has 3 aromatic carbocycles. The van der Waals surface area contributed by atoms with Crippen LogP contribution in [0.5, 0.6) is 11.5 Å². The molecule has 2 atom stereocenters. The van der Waals surface area contributed by atoms with Crippen LogP contribution in [0.15, 0.2) is 83.8 Å². The maximum atomic E-state index is 13.4. The monoisotopic (exact) mass is 445 g/mol. The van der Waals surface area contributed by atoms with Gasteiger partial charge in [-0.2, -0.15) is 0 Å². The number of rotatable bonds is 4. The van der Waals surface area contributed by atoms with E-state index in [1.165, 1.54) is 12.1 Å². The lowest BCUT2D eigenvalue weighted by Crippen LogP contribution is -2.39. The fourth-order valence-electron chi connectivity index (χ4n) is 4.38. The molecule has 0 bridgehead atoms. The number of para-hydroxylation sites is 2. The lowest BCUT2D eigenvalue weighted by molar-refractivity contribution is -0.120. The predicted octanol–water partition coefficient (Wildman–Crippen LogP) is 4.01. The Balaban J connectivity index is 1.45. The molecule has 0 saturated carbocycles. The lowest BCUT2D eigenvalue weighted by atomic mass is 9.80. The number of nitrogens with zero attached hydrogens (tertiary/aromatic N) is 2. The van der Waals surface area contributed by atoms with Crippen molar-refractivity contribution in [3.05, 3.63) is 95.8 Å². The van der Waals surface area contributed by atoms with E-state index >= 15 is 0 Å². The molecule has 0 aliphatic carbocycles. The number of hydrogen-bond acceptors (Lipinski definition) is 4. The smallest absolute Gasteiger partial charge is 0.293 e. The van der Waals surface area contributed by atoms with Crippen molar-refractivity contribution in [2.75, 3.05) is 11.9 Å². The molecule has 8 heteroatoms. The molecule has 0 radical (unpaired) electrons. The molecule has 1 fully saturated rings. The molecule has 5 rings (SSSR count). The molecule has 2 aliphatic rings. The topological polar surface area (TPSA) is 80.1 Å². The second-order valence-electron chi connectivity index (χ2n) is 7.83. The first-order chi connectivity index (χ1) is 15.4. The number of amides is 1. The largest absolute Gasteiger partial charge is 0.457 e. The van der Waals surface area contributed by atoms with Crippen LogP contribution in [-0.4, -0.2) is 31.3 Å². The van der Waals surface area contributed by atoms with Crippen molar-refractivity contribution < 1.29 is 17.9 Å². The average Bonchev–Trinajstić information content (AvgIpc) is 3.34. The van der Waals surface area contributed by atoms with Gasteiger partial charge in [-0.1, -0.05) is 36.4 Å². The van der Waals surface area contributed by atoms with Crippen LogP contribution in [0.4, 0.5) is 5.69 Å². The summed E-state index contributed by atoms with van der Waals surface area (Å²) in [5.74, 6) is 0.874. The van der Waals surface area contributed by atoms with E-state index in [-0.39, 0.29) is 23.8 Å². The number of hydrogen-bond donors (Lipinski definition) is 1. The zero-order valence-electron chi connectivity index (χ0n) is 16.9. The number of carbonyl (C=O) groups is 1. The van der Waals surface area contributed by atoms with Crippen molar-refractivity contribution in [1.29, 1.82) is 0 Å². The zero-order valence-corrected chi connectivity index (χ0v) is 17.7. The first-order valence-electron chi connectivity index (χ1n) is 10.1. The van der Waals surface area contributed by atoms with Crippen LogP contribution in [0.1, 0.15) is 12.0 Å². The molecule has 2 aliphatic heterocycles. The average molecular weight is 446 g/mol. The maximum absolute atomic E-state index is 13.4. The van der Waals surface area contributed by atoms with E-state index in [1.807, 2.05) is 36.4 Å². The number of benzene rings is 3. The quantitative estimate of drug-likeness (QED) is 0.616. The number of carbonyl (C=O) groups excluding carboxylic acids is 1. The zero-order chi connectivity index (χ0) is 22.3. The predicted molar refractivity (Wildman–Crippen MR) is 119 cm³/mol. The van der Waals surface area contributed by atoms with E-state index in [0.717, 1.165) is 9.87 Å². The van der Waals surface area contributed by atoms with Crippen LogP contribution in [0, 0.1) is 6.57 Å². The normalized spacial score (nSPS) is 22.3. The second-order valence-corrected chi connectivity index (χ2v) is 9.72. The van der Waals surface area contributed by atoms with Gasteiger partial charge < -0.3 is 10.1 Å². The highest BCUT2D eigenvalue weighted by Gasteiger charge is 2.60. The van der Waals surface area contributed by atoms with Crippen LogP contribution in [-0.2, 0) is 20.2 Å². The molecule has 1 saturated heterocycles. The Morgan fingerprint density at radius 2 is 1.62 bits per heavy atom. The molecule has 1 spiro atoms. The SMILES string of the molecule is [C-]#[N+][C@@H]1C[C@@]2(CN1S(=O)(=O)c1ccc(Oc3ccccc3)cc1)C(=O)Nc1ccccc12. The number of anilines is 1. The minimum atomic E-state index is -3.99. The maximum Gasteiger partial charge on any atom is 0.293 e. The molecule has 2 heterocycles. The van der Waals surface area contributed by atoms with Crippen LogP contribution in [0.25, 0.3) is 4.85 Å². The van der Waals surface area contributed by atoms with E-state index in [9.17, 15) is 13.2 Å². The second kappa shape index (κ2) is 7.48. The standard InChI is InChI=1S/C24H19N3O4S/c1-25-22-15-24(20-9-5-6-10-21(20)26-23(24)28)16-27(22)32(29,30)19-13-11-18(12-14-19)31-17-7-3-2-4-8-17/h2-14,22H,15-16H2,(H,26,28)/t22-,24-/m0/s1. The molecule has 1 amide bonds. The molecule has 0 unspecified atom stereocenters. The summed E-state index contributed by atoms with van der Waals surface area (Å²) < 4.78 is 33.8. The van der Waals surface area contributed by atoms with E-state index in [4.69, 9.17) is 11.3 Å².